The van der Waals surface area contributed by atoms with Crippen LogP contribution in [0.5, 0.6) is 0 Å². The molecule has 0 aromatic rings. The topological polar surface area (TPSA) is 49.8 Å². The second-order valence-corrected chi connectivity index (χ2v) is 4.60. The minimum Gasteiger partial charge on any atom is -0.481 e. The van der Waals surface area contributed by atoms with Gasteiger partial charge in [0.1, 0.15) is 0 Å². The van der Waals surface area contributed by atoms with E-state index in [4.69, 9.17) is 9.84 Å². The molecule has 0 amide bonds. The number of ether oxygens (including phenoxy) is 1. The van der Waals surface area contributed by atoms with Gasteiger partial charge in [-0.05, 0) is 32.7 Å². The molecule has 0 radical (unpaired) electrons. The number of nitrogens with zero attached hydrogens (tertiary/aromatic N) is 1. The summed E-state index contributed by atoms with van der Waals surface area (Å²) in [6, 6.07) is 0.775. The Kier molecular flexibility index (Phi) is 3.26. The Morgan fingerprint density at radius 1 is 1.27 bits per heavy atom. The van der Waals surface area contributed by atoms with Gasteiger partial charge in [-0.2, -0.15) is 0 Å². The molecule has 0 spiro atoms. The van der Waals surface area contributed by atoms with Gasteiger partial charge in [0.2, 0.25) is 0 Å². The minimum atomic E-state index is -0.634. The van der Waals surface area contributed by atoms with E-state index >= 15 is 0 Å². The van der Waals surface area contributed by atoms with E-state index in [1.165, 1.54) is 0 Å². The standard InChI is InChI=1S/C11H19NO3/c1-12(8-4-6-15-7-5-8)10-3-2-9(10)11(13)14/h8-10H,2-7H2,1H3,(H,13,14). The average molecular weight is 213 g/mol. The van der Waals surface area contributed by atoms with Crippen molar-refractivity contribution in [1.29, 1.82) is 0 Å². The smallest absolute Gasteiger partial charge is 0.308 e. The average Bonchev–Trinajstić information content (AvgIpc) is 2.16. The zero-order valence-corrected chi connectivity index (χ0v) is 9.19. The summed E-state index contributed by atoms with van der Waals surface area (Å²) in [5, 5.41) is 9.00. The predicted molar refractivity (Wildman–Crippen MR) is 55.8 cm³/mol. The molecule has 2 rings (SSSR count). The first-order valence-corrected chi connectivity index (χ1v) is 5.72. The van der Waals surface area contributed by atoms with Gasteiger partial charge in [-0.1, -0.05) is 0 Å². The molecule has 15 heavy (non-hydrogen) atoms. The van der Waals surface area contributed by atoms with E-state index < -0.39 is 5.97 Å². The number of carboxylic acids is 1. The fourth-order valence-electron chi connectivity index (χ4n) is 2.62. The third kappa shape index (κ3) is 2.16. The van der Waals surface area contributed by atoms with Crippen LogP contribution in [0.2, 0.25) is 0 Å². The molecule has 1 saturated heterocycles. The number of rotatable bonds is 3. The van der Waals surface area contributed by atoms with Crippen molar-refractivity contribution in [1.82, 2.24) is 4.90 Å². The highest BCUT2D eigenvalue weighted by Gasteiger charge is 2.41. The van der Waals surface area contributed by atoms with Crippen LogP contribution in [0, 0.1) is 5.92 Å². The molecule has 1 aliphatic carbocycles. The van der Waals surface area contributed by atoms with Gasteiger partial charge < -0.3 is 9.84 Å². The molecule has 0 aromatic carbocycles. The SMILES string of the molecule is CN(C1CCOCC1)C1CCC1C(=O)O. The molecule has 1 N–H and O–H groups in total. The zero-order valence-electron chi connectivity index (χ0n) is 9.19. The molecule has 4 nitrogen and oxygen atoms in total. The van der Waals surface area contributed by atoms with Crippen molar-refractivity contribution in [2.75, 3.05) is 20.3 Å². The van der Waals surface area contributed by atoms with Gasteiger partial charge in [-0.25, -0.2) is 0 Å². The van der Waals surface area contributed by atoms with E-state index in [1.54, 1.807) is 0 Å². The zero-order chi connectivity index (χ0) is 10.8. The van der Waals surface area contributed by atoms with E-state index in [9.17, 15) is 4.79 Å². The first kappa shape index (κ1) is 10.9. The Labute approximate surface area is 90.2 Å². The molecular weight excluding hydrogens is 194 g/mol. The van der Waals surface area contributed by atoms with Crippen molar-refractivity contribution in [3.8, 4) is 0 Å². The Balaban J connectivity index is 1.89. The van der Waals surface area contributed by atoms with E-state index in [0.717, 1.165) is 38.9 Å². The summed E-state index contributed by atoms with van der Waals surface area (Å²) in [5.74, 6) is -0.775. The largest absolute Gasteiger partial charge is 0.481 e. The Morgan fingerprint density at radius 2 is 1.93 bits per heavy atom. The maximum atomic E-state index is 10.9. The summed E-state index contributed by atoms with van der Waals surface area (Å²) in [4.78, 5) is 13.2. The molecule has 1 heterocycles. The van der Waals surface area contributed by atoms with E-state index in [0.29, 0.717) is 6.04 Å². The van der Waals surface area contributed by atoms with Crippen molar-refractivity contribution in [3.63, 3.8) is 0 Å². The van der Waals surface area contributed by atoms with Crippen molar-refractivity contribution in [2.24, 2.45) is 5.92 Å². The lowest BCUT2D eigenvalue weighted by Crippen LogP contribution is -2.53. The van der Waals surface area contributed by atoms with Gasteiger partial charge in [0.25, 0.3) is 0 Å². The maximum absolute atomic E-state index is 10.9. The lowest BCUT2D eigenvalue weighted by Gasteiger charge is -2.45. The number of hydrogen-bond donors (Lipinski definition) is 1. The van der Waals surface area contributed by atoms with Crippen molar-refractivity contribution in [3.05, 3.63) is 0 Å². The molecule has 2 aliphatic rings. The number of carboxylic acid groups (broad SMARTS) is 1. The molecule has 2 unspecified atom stereocenters. The van der Waals surface area contributed by atoms with Gasteiger partial charge in [0, 0.05) is 25.3 Å². The normalized spacial score (nSPS) is 32.7. The van der Waals surface area contributed by atoms with Gasteiger partial charge >= 0.3 is 5.97 Å². The molecule has 1 aliphatic heterocycles. The van der Waals surface area contributed by atoms with Crippen LogP contribution < -0.4 is 0 Å². The molecular formula is C11H19NO3. The lowest BCUT2D eigenvalue weighted by molar-refractivity contribution is -0.149. The first-order valence-electron chi connectivity index (χ1n) is 5.72. The Bertz CT molecular complexity index is 238. The van der Waals surface area contributed by atoms with Crippen molar-refractivity contribution in [2.45, 2.75) is 37.8 Å². The summed E-state index contributed by atoms with van der Waals surface area (Å²) in [7, 11) is 2.07. The fourth-order valence-corrected chi connectivity index (χ4v) is 2.62. The van der Waals surface area contributed by atoms with Crippen LogP contribution in [-0.2, 0) is 9.53 Å². The van der Waals surface area contributed by atoms with Crippen LogP contribution in [0.3, 0.4) is 0 Å². The van der Waals surface area contributed by atoms with Crippen molar-refractivity contribution < 1.29 is 14.6 Å². The van der Waals surface area contributed by atoms with Crippen LogP contribution >= 0.6 is 0 Å². The van der Waals surface area contributed by atoms with Crippen LogP contribution in [0.25, 0.3) is 0 Å². The molecule has 2 atom stereocenters. The van der Waals surface area contributed by atoms with Crippen LogP contribution in [0.4, 0.5) is 0 Å². The molecule has 0 aromatic heterocycles. The van der Waals surface area contributed by atoms with Gasteiger partial charge in [-0.15, -0.1) is 0 Å². The third-order valence-corrected chi connectivity index (χ3v) is 3.85. The second kappa shape index (κ2) is 4.49. The quantitative estimate of drug-likeness (QED) is 0.758. The van der Waals surface area contributed by atoms with Crippen molar-refractivity contribution >= 4 is 5.97 Å². The van der Waals surface area contributed by atoms with Gasteiger partial charge in [-0.3, -0.25) is 9.69 Å². The highest BCUT2D eigenvalue weighted by molar-refractivity contribution is 5.72. The van der Waals surface area contributed by atoms with E-state index in [-0.39, 0.29) is 12.0 Å². The number of hydrogen-bond acceptors (Lipinski definition) is 3. The number of carbonyl (C=O) groups is 1. The molecule has 1 saturated carbocycles. The highest BCUT2D eigenvalue weighted by atomic mass is 16.5. The molecule has 2 fully saturated rings. The monoisotopic (exact) mass is 213 g/mol. The third-order valence-electron chi connectivity index (χ3n) is 3.85. The highest BCUT2D eigenvalue weighted by Crippen LogP contribution is 2.34. The van der Waals surface area contributed by atoms with E-state index in [1.807, 2.05) is 0 Å². The summed E-state index contributed by atoms with van der Waals surface area (Å²) in [6.45, 7) is 1.64. The Morgan fingerprint density at radius 3 is 2.40 bits per heavy atom. The molecule has 0 bridgehead atoms. The maximum Gasteiger partial charge on any atom is 0.308 e. The van der Waals surface area contributed by atoms with E-state index in [2.05, 4.69) is 11.9 Å². The summed E-state index contributed by atoms with van der Waals surface area (Å²) >= 11 is 0. The summed E-state index contributed by atoms with van der Waals surface area (Å²) in [5.41, 5.74) is 0. The predicted octanol–water partition coefficient (Wildman–Crippen LogP) is 0.960. The number of aliphatic carboxylic acids is 1. The Hall–Kier alpha value is -0.610. The lowest BCUT2D eigenvalue weighted by atomic mass is 9.78. The van der Waals surface area contributed by atoms with Gasteiger partial charge in [0.15, 0.2) is 0 Å². The van der Waals surface area contributed by atoms with Crippen LogP contribution in [-0.4, -0.2) is 48.3 Å². The second-order valence-electron chi connectivity index (χ2n) is 4.60. The van der Waals surface area contributed by atoms with Crippen LogP contribution in [0.1, 0.15) is 25.7 Å². The molecule has 4 heteroatoms. The fraction of sp³-hybridized carbons (Fsp3) is 0.909. The minimum absolute atomic E-state index is 0.141. The van der Waals surface area contributed by atoms with Gasteiger partial charge in [0.05, 0.1) is 5.92 Å². The summed E-state index contributed by atoms with van der Waals surface area (Å²) in [6.07, 6.45) is 3.96. The molecule has 86 valence electrons. The first-order chi connectivity index (χ1) is 7.20. The summed E-state index contributed by atoms with van der Waals surface area (Å²) < 4.78 is 5.31. The van der Waals surface area contributed by atoms with Crippen LogP contribution in [0.15, 0.2) is 0 Å².